The number of hydrogen-bond acceptors (Lipinski definition) is 2. The van der Waals surface area contributed by atoms with Gasteiger partial charge in [-0.2, -0.15) is 0 Å². The zero-order valence-corrected chi connectivity index (χ0v) is 23.1. The van der Waals surface area contributed by atoms with Crippen molar-refractivity contribution < 1.29 is 9.84 Å². The van der Waals surface area contributed by atoms with Crippen molar-refractivity contribution in [2.75, 3.05) is 0 Å². The van der Waals surface area contributed by atoms with Crippen molar-refractivity contribution in [2.45, 2.75) is 137 Å². The minimum absolute atomic E-state index is 0.0559. The molecular formula is C31H54O2. The molecule has 1 N–H and O–H groups in total. The molecule has 0 aromatic rings. The monoisotopic (exact) mass is 458 g/mol. The number of aliphatic hydroxyl groups is 1. The first-order valence-electron chi connectivity index (χ1n) is 14.4. The second-order valence-corrected chi connectivity index (χ2v) is 14.5. The molecule has 5 unspecified atom stereocenters. The van der Waals surface area contributed by atoms with Crippen molar-refractivity contribution in [1.29, 1.82) is 0 Å². The Morgan fingerprint density at radius 3 is 2.39 bits per heavy atom. The van der Waals surface area contributed by atoms with Crippen LogP contribution in [0, 0.1) is 46.3 Å². The van der Waals surface area contributed by atoms with Gasteiger partial charge in [0.2, 0.25) is 0 Å². The summed E-state index contributed by atoms with van der Waals surface area (Å²) in [6, 6.07) is 0. The molecule has 0 saturated heterocycles. The van der Waals surface area contributed by atoms with E-state index in [4.69, 9.17) is 4.74 Å². The van der Waals surface area contributed by atoms with E-state index in [1.54, 1.807) is 5.57 Å². The fourth-order valence-corrected chi connectivity index (χ4v) is 9.23. The first-order valence-corrected chi connectivity index (χ1v) is 14.4. The van der Waals surface area contributed by atoms with Crippen LogP contribution < -0.4 is 0 Å². The Morgan fingerprint density at radius 1 is 1.00 bits per heavy atom. The highest BCUT2D eigenvalue weighted by Gasteiger charge is 2.59. The summed E-state index contributed by atoms with van der Waals surface area (Å²) in [7, 11) is 0. The fourth-order valence-electron chi connectivity index (χ4n) is 9.23. The molecule has 3 fully saturated rings. The Morgan fingerprint density at radius 2 is 1.73 bits per heavy atom. The topological polar surface area (TPSA) is 29.5 Å². The van der Waals surface area contributed by atoms with E-state index >= 15 is 0 Å². The number of ether oxygens (including phenoxy) is 1. The zero-order valence-electron chi connectivity index (χ0n) is 23.1. The number of rotatable bonds is 6. The zero-order chi connectivity index (χ0) is 24.2. The van der Waals surface area contributed by atoms with Crippen LogP contribution in [0.15, 0.2) is 11.6 Å². The molecule has 190 valence electrons. The van der Waals surface area contributed by atoms with Crippen molar-refractivity contribution in [3.8, 4) is 0 Å². The van der Waals surface area contributed by atoms with Crippen molar-refractivity contribution in [1.82, 2.24) is 0 Å². The SMILES string of the molecule is CC(C)[C@H](CC[C@@H](C)C1CCC2C3CC=C4CC(O)CC[C@]4(C)C3CC[C@@]21C)OC(C)(C)C. The average molecular weight is 459 g/mol. The van der Waals surface area contributed by atoms with E-state index in [-0.39, 0.29) is 11.7 Å². The molecule has 0 aromatic heterocycles. The van der Waals surface area contributed by atoms with Crippen molar-refractivity contribution in [2.24, 2.45) is 46.3 Å². The van der Waals surface area contributed by atoms with Crippen LogP contribution in [-0.2, 0) is 4.74 Å². The summed E-state index contributed by atoms with van der Waals surface area (Å²) in [5.74, 6) is 4.86. The summed E-state index contributed by atoms with van der Waals surface area (Å²) < 4.78 is 6.46. The predicted molar refractivity (Wildman–Crippen MR) is 139 cm³/mol. The molecule has 0 radical (unpaired) electrons. The Balaban J connectivity index is 1.44. The van der Waals surface area contributed by atoms with Gasteiger partial charge in [-0.25, -0.2) is 0 Å². The Kier molecular flexibility index (Phi) is 7.23. The molecule has 2 heteroatoms. The lowest BCUT2D eigenvalue weighted by Gasteiger charge is -2.58. The minimum atomic E-state index is -0.0941. The molecule has 4 rings (SSSR count). The van der Waals surface area contributed by atoms with Gasteiger partial charge in [-0.1, -0.05) is 46.3 Å². The normalized spacial score (nSPS) is 42.8. The molecule has 0 aliphatic heterocycles. The van der Waals surface area contributed by atoms with Crippen molar-refractivity contribution in [3.05, 3.63) is 11.6 Å². The summed E-state index contributed by atoms with van der Waals surface area (Å²) in [5, 5.41) is 10.3. The lowest BCUT2D eigenvalue weighted by atomic mass is 9.47. The van der Waals surface area contributed by atoms with E-state index in [1.807, 2.05) is 0 Å². The smallest absolute Gasteiger partial charge is 0.0605 e. The second-order valence-electron chi connectivity index (χ2n) is 14.5. The van der Waals surface area contributed by atoms with Crippen molar-refractivity contribution in [3.63, 3.8) is 0 Å². The van der Waals surface area contributed by atoms with Crippen LogP contribution in [0.3, 0.4) is 0 Å². The number of aliphatic hydroxyl groups excluding tert-OH is 1. The van der Waals surface area contributed by atoms with Crippen LogP contribution in [0.1, 0.15) is 120 Å². The second kappa shape index (κ2) is 9.27. The molecule has 4 aliphatic rings. The molecule has 0 bridgehead atoms. The molecule has 0 amide bonds. The van der Waals surface area contributed by atoms with E-state index in [1.165, 1.54) is 51.4 Å². The van der Waals surface area contributed by atoms with E-state index in [0.29, 0.717) is 22.9 Å². The van der Waals surface area contributed by atoms with Gasteiger partial charge < -0.3 is 9.84 Å². The lowest BCUT2D eigenvalue weighted by Crippen LogP contribution is -2.50. The maximum atomic E-state index is 10.3. The Labute approximate surface area is 205 Å². The summed E-state index contributed by atoms with van der Waals surface area (Å²) >= 11 is 0. The van der Waals surface area contributed by atoms with Crippen LogP contribution >= 0.6 is 0 Å². The Bertz CT molecular complexity index is 717. The minimum Gasteiger partial charge on any atom is -0.393 e. The maximum Gasteiger partial charge on any atom is 0.0605 e. The summed E-state index contributed by atoms with van der Waals surface area (Å²) in [4.78, 5) is 0. The molecule has 3 saturated carbocycles. The number of fused-ring (bicyclic) bond motifs is 5. The molecule has 2 nitrogen and oxygen atoms in total. The highest BCUT2D eigenvalue weighted by Crippen LogP contribution is 2.67. The van der Waals surface area contributed by atoms with Gasteiger partial charge in [0.25, 0.3) is 0 Å². The summed E-state index contributed by atoms with van der Waals surface area (Å²) in [5.41, 5.74) is 2.43. The molecule has 0 aromatic carbocycles. The Hall–Kier alpha value is -0.340. The summed E-state index contributed by atoms with van der Waals surface area (Å²) in [6.45, 7) is 19.0. The van der Waals surface area contributed by atoms with Gasteiger partial charge in [-0.05, 0) is 131 Å². The van der Waals surface area contributed by atoms with Crippen molar-refractivity contribution >= 4 is 0 Å². The molecule has 33 heavy (non-hydrogen) atoms. The highest BCUT2D eigenvalue weighted by atomic mass is 16.5. The van der Waals surface area contributed by atoms with Gasteiger partial charge in [0.1, 0.15) is 0 Å². The average Bonchev–Trinajstić information content (AvgIpc) is 3.07. The van der Waals surface area contributed by atoms with Gasteiger partial charge >= 0.3 is 0 Å². The number of allylic oxidation sites excluding steroid dienone is 1. The molecule has 0 spiro atoms. The predicted octanol–water partition coefficient (Wildman–Crippen LogP) is 8.18. The van der Waals surface area contributed by atoms with Gasteiger partial charge in [0, 0.05) is 0 Å². The van der Waals surface area contributed by atoms with Crippen LogP contribution in [0.25, 0.3) is 0 Å². The lowest BCUT2D eigenvalue weighted by molar-refractivity contribution is -0.0874. The van der Waals surface area contributed by atoms with Gasteiger partial charge in [0.05, 0.1) is 17.8 Å². The van der Waals surface area contributed by atoms with E-state index in [0.717, 1.165) is 42.4 Å². The highest BCUT2D eigenvalue weighted by molar-refractivity contribution is 5.25. The first kappa shape index (κ1) is 25.7. The van der Waals surface area contributed by atoms with Crippen LogP contribution in [0.2, 0.25) is 0 Å². The first-order chi connectivity index (χ1) is 15.3. The number of hydrogen-bond donors (Lipinski definition) is 1. The van der Waals surface area contributed by atoms with Crippen LogP contribution in [0.4, 0.5) is 0 Å². The maximum absolute atomic E-state index is 10.3. The molecule has 0 heterocycles. The van der Waals surface area contributed by atoms with E-state index < -0.39 is 0 Å². The summed E-state index contributed by atoms with van der Waals surface area (Å²) in [6.07, 6.45) is 15.5. The third-order valence-corrected chi connectivity index (χ3v) is 11.0. The standard InChI is InChI=1S/C31H54O2/c1-20(2)28(33-29(4,5)6)14-9-21(3)25-12-13-26-24-11-10-22-19-23(32)15-17-30(22,7)27(24)16-18-31(25,26)8/h10,20-21,23-28,32H,9,11-19H2,1-8H3/t21-,23?,24?,25?,26?,27?,28+,30+,31-/m1/s1. The van der Waals surface area contributed by atoms with Gasteiger partial charge in [0.15, 0.2) is 0 Å². The van der Waals surface area contributed by atoms with E-state index in [9.17, 15) is 5.11 Å². The third-order valence-electron chi connectivity index (χ3n) is 11.0. The molecule has 4 aliphatic carbocycles. The largest absolute Gasteiger partial charge is 0.393 e. The van der Waals surface area contributed by atoms with Crippen LogP contribution in [-0.4, -0.2) is 22.9 Å². The third kappa shape index (κ3) is 4.87. The van der Waals surface area contributed by atoms with Gasteiger partial charge in [-0.3, -0.25) is 0 Å². The van der Waals surface area contributed by atoms with Crippen LogP contribution in [0.5, 0.6) is 0 Å². The van der Waals surface area contributed by atoms with E-state index in [2.05, 4.69) is 61.5 Å². The molecular weight excluding hydrogens is 404 g/mol. The van der Waals surface area contributed by atoms with Gasteiger partial charge in [-0.15, -0.1) is 0 Å². The molecule has 9 atom stereocenters. The quantitative estimate of drug-likeness (QED) is 0.407. The fraction of sp³-hybridized carbons (Fsp3) is 0.935.